The van der Waals surface area contributed by atoms with Crippen LogP contribution in [0, 0.1) is 0 Å². The van der Waals surface area contributed by atoms with E-state index < -0.39 is 0 Å². The first kappa shape index (κ1) is 15.3. The molecule has 0 amide bonds. The molecule has 5 heteroatoms. The average Bonchev–Trinajstić information content (AvgIpc) is 3.04. The summed E-state index contributed by atoms with van der Waals surface area (Å²) in [6.07, 6.45) is 6.13. The molecule has 1 atom stereocenters. The third-order valence-electron chi connectivity index (χ3n) is 3.67. The van der Waals surface area contributed by atoms with E-state index in [2.05, 4.69) is 69.5 Å². The molecule has 1 unspecified atom stereocenters. The highest BCUT2D eigenvalue weighted by Crippen LogP contribution is 2.24. The second kappa shape index (κ2) is 6.59. The Hall–Kier alpha value is -1.07. The van der Waals surface area contributed by atoms with Crippen LogP contribution in [-0.2, 0) is 19.5 Å². The average molecular weight is 339 g/mol. The summed E-state index contributed by atoms with van der Waals surface area (Å²) in [7, 11) is 0. The van der Waals surface area contributed by atoms with Crippen LogP contribution in [0.5, 0.6) is 0 Å². The van der Waals surface area contributed by atoms with E-state index in [-0.39, 0.29) is 6.04 Å². The standard InChI is InChI=1S/C15H23BrN4/c1-4-12(17)11-7-8-19(9-11)10-14-15(16)13(5-2)18-20(14)6-3/h7-9,12H,4-6,10,17H2,1-3H3. The fraction of sp³-hybridized carbons (Fsp3) is 0.533. The molecular formula is C15H23BrN4. The highest BCUT2D eigenvalue weighted by Gasteiger charge is 2.14. The number of aromatic nitrogens is 3. The van der Waals surface area contributed by atoms with Crippen LogP contribution >= 0.6 is 15.9 Å². The monoisotopic (exact) mass is 338 g/mol. The third-order valence-corrected chi connectivity index (χ3v) is 4.58. The smallest absolute Gasteiger partial charge is 0.0767 e. The SMILES string of the molecule is CCc1nn(CC)c(Cn2ccc(C(N)CC)c2)c1Br. The Bertz CT molecular complexity index is 570. The highest BCUT2D eigenvalue weighted by molar-refractivity contribution is 9.10. The van der Waals surface area contributed by atoms with Gasteiger partial charge in [0.05, 0.1) is 22.4 Å². The summed E-state index contributed by atoms with van der Waals surface area (Å²) in [6, 6.07) is 2.23. The summed E-state index contributed by atoms with van der Waals surface area (Å²) in [5.74, 6) is 0. The predicted octanol–water partition coefficient (Wildman–Crippen LogP) is 3.49. The molecule has 0 saturated carbocycles. The molecule has 4 nitrogen and oxygen atoms in total. The topological polar surface area (TPSA) is 48.8 Å². The highest BCUT2D eigenvalue weighted by atomic mass is 79.9. The Kier molecular flexibility index (Phi) is 5.05. The maximum atomic E-state index is 6.07. The van der Waals surface area contributed by atoms with Crippen molar-refractivity contribution >= 4 is 15.9 Å². The lowest BCUT2D eigenvalue weighted by Gasteiger charge is -2.08. The van der Waals surface area contributed by atoms with E-state index in [1.54, 1.807) is 0 Å². The van der Waals surface area contributed by atoms with Gasteiger partial charge >= 0.3 is 0 Å². The van der Waals surface area contributed by atoms with Crippen molar-refractivity contribution in [1.82, 2.24) is 14.3 Å². The summed E-state index contributed by atoms with van der Waals surface area (Å²) in [5, 5.41) is 4.63. The van der Waals surface area contributed by atoms with Crippen molar-refractivity contribution in [3.8, 4) is 0 Å². The van der Waals surface area contributed by atoms with Crippen LogP contribution in [0.25, 0.3) is 0 Å². The molecule has 20 heavy (non-hydrogen) atoms. The van der Waals surface area contributed by atoms with Crippen molar-refractivity contribution in [2.45, 2.75) is 52.7 Å². The molecule has 0 radical (unpaired) electrons. The fourth-order valence-electron chi connectivity index (χ4n) is 2.35. The molecule has 0 spiro atoms. The number of aryl methyl sites for hydroxylation is 2. The zero-order valence-corrected chi connectivity index (χ0v) is 14.0. The first-order chi connectivity index (χ1) is 9.60. The van der Waals surface area contributed by atoms with Gasteiger partial charge in [-0.3, -0.25) is 4.68 Å². The number of nitrogens with zero attached hydrogens (tertiary/aromatic N) is 3. The lowest BCUT2D eigenvalue weighted by Crippen LogP contribution is -2.09. The van der Waals surface area contributed by atoms with Gasteiger partial charge in [-0.05, 0) is 47.3 Å². The van der Waals surface area contributed by atoms with Gasteiger partial charge in [-0.2, -0.15) is 5.10 Å². The quantitative estimate of drug-likeness (QED) is 0.876. The van der Waals surface area contributed by atoms with Gasteiger partial charge < -0.3 is 10.3 Å². The first-order valence-electron chi connectivity index (χ1n) is 7.25. The van der Waals surface area contributed by atoms with Crippen LogP contribution < -0.4 is 5.73 Å². The number of halogens is 1. The molecule has 0 aliphatic heterocycles. The second-order valence-electron chi connectivity index (χ2n) is 5.01. The van der Waals surface area contributed by atoms with Crippen LogP contribution in [0.3, 0.4) is 0 Å². The van der Waals surface area contributed by atoms with Crippen molar-refractivity contribution in [3.63, 3.8) is 0 Å². The van der Waals surface area contributed by atoms with Gasteiger partial charge in [0.1, 0.15) is 0 Å². The summed E-state index contributed by atoms with van der Waals surface area (Å²) in [5.41, 5.74) is 9.61. The molecule has 0 fully saturated rings. The minimum atomic E-state index is 0.127. The summed E-state index contributed by atoms with van der Waals surface area (Å²) in [6.45, 7) is 8.06. The lowest BCUT2D eigenvalue weighted by molar-refractivity contribution is 0.593. The number of nitrogens with two attached hydrogens (primary N) is 1. The fourth-order valence-corrected chi connectivity index (χ4v) is 3.04. The Morgan fingerprint density at radius 1 is 1.35 bits per heavy atom. The van der Waals surface area contributed by atoms with Gasteiger partial charge in [-0.15, -0.1) is 0 Å². The zero-order chi connectivity index (χ0) is 14.7. The third kappa shape index (κ3) is 2.99. The van der Waals surface area contributed by atoms with E-state index >= 15 is 0 Å². The normalized spacial score (nSPS) is 12.8. The van der Waals surface area contributed by atoms with Crippen LogP contribution in [0.2, 0.25) is 0 Å². The van der Waals surface area contributed by atoms with E-state index in [0.29, 0.717) is 0 Å². The molecule has 0 aliphatic rings. The first-order valence-corrected chi connectivity index (χ1v) is 8.05. The van der Waals surface area contributed by atoms with Crippen LogP contribution in [0.15, 0.2) is 22.9 Å². The summed E-state index contributed by atoms with van der Waals surface area (Å²) in [4.78, 5) is 0. The lowest BCUT2D eigenvalue weighted by atomic mass is 10.1. The van der Waals surface area contributed by atoms with E-state index in [0.717, 1.165) is 36.1 Å². The van der Waals surface area contributed by atoms with Crippen molar-refractivity contribution in [3.05, 3.63) is 39.9 Å². The Morgan fingerprint density at radius 2 is 2.10 bits per heavy atom. The molecule has 2 heterocycles. The van der Waals surface area contributed by atoms with Crippen LogP contribution in [-0.4, -0.2) is 14.3 Å². The Morgan fingerprint density at radius 3 is 2.70 bits per heavy atom. The number of hydrogen-bond acceptors (Lipinski definition) is 2. The predicted molar refractivity (Wildman–Crippen MR) is 85.7 cm³/mol. The van der Waals surface area contributed by atoms with Gasteiger partial charge in [0.2, 0.25) is 0 Å². The molecule has 2 rings (SSSR count). The van der Waals surface area contributed by atoms with E-state index in [4.69, 9.17) is 5.73 Å². The molecule has 2 N–H and O–H groups in total. The molecule has 110 valence electrons. The maximum Gasteiger partial charge on any atom is 0.0767 e. The van der Waals surface area contributed by atoms with Gasteiger partial charge in [0.25, 0.3) is 0 Å². The zero-order valence-electron chi connectivity index (χ0n) is 12.4. The van der Waals surface area contributed by atoms with Gasteiger partial charge in [0.15, 0.2) is 0 Å². The van der Waals surface area contributed by atoms with E-state index in [1.807, 2.05) is 0 Å². The number of hydrogen-bond donors (Lipinski definition) is 1. The molecule has 0 saturated heterocycles. The molecule has 0 bridgehead atoms. The summed E-state index contributed by atoms with van der Waals surface area (Å²) >= 11 is 3.69. The van der Waals surface area contributed by atoms with Gasteiger partial charge in [0, 0.05) is 25.0 Å². The molecular weight excluding hydrogens is 316 g/mol. The number of rotatable bonds is 6. The minimum absolute atomic E-state index is 0.127. The Balaban J connectivity index is 2.25. The van der Waals surface area contributed by atoms with Gasteiger partial charge in [-0.25, -0.2) is 0 Å². The molecule has 0 aromatic carbocycles. The van der Waals surface area contributed by atoms with E-state index in [9.17, 15) is 0 Å². The van der Waals surface area contributed by atoms with Crippen LogP contribution in [0.1, 0.15) is 50.2 Å². The Labute approximate surface area is 129 Å². The summed E-state index contributed by atoms with van der Waals surface area (Å²) < 4.78 is 5.39. The maximum absolute atomic E-state index is 6.07. The molecule has 2 aromatic rings. The van der Waals surface area contributed by atoms with Crippen molar-refractivity contribution in [1.29, 1.82) is 0 Å². The van der Waals surface area contributed by atoms with Crippen LogP contribution in [0.4, 0.5) is 0 Å². The second-order valence-corrected chi connectivity index (χ2v) is 5.80. The molecule has 2 aromatic heterocycles. The largest absolute Gasteiger partial charge is 0.348 e. The van der Waals surface area contributed by atoms with Crippen molar-refractivity contribution in [2.75, 3.05) is 0 Å². The van der Waals surface area contributed by atoms with Crippen molar-refractivity contribution < 1.29 is 0 Å². The molecule has 0 aliphatic carbocycles. The minimum Gasteiger partial charge on any atom is -0.348 e. The van der Waals surface area contributed by atoms with Crippen molar-refractivity contribution in [2.24, 2.45) is 5.73 Å². The van der Waals surface area contributed by atoms with E-state index in [1.165, 1.54) is 11.3 Å². The van der Waals surface area contributed by atoms with Gasteiger partial charge in [-0.1, -0.05) is 13.8 Å².